The first-order valence-corrected chi connectivity index (χ1v) is 5.12. The predicted molar refractivity (Wildman–Crippen MR) is 56.5 cm³/mol. The smallest absolute Gasteiger partial charge is 0.383 e. The first-order valence-electron chi connectivity index (χ1n) is 5.12. The second-order valence-electron chi connectivity index (χ2n) is 3.94. The minimum atomic E-state index is -4.27. The van der Waals surface area contributed by atoms with Gasteiger partial charge in [0.05, 0.1) is 5.56 Å². The molecule has 5 heteroatoms. The fraction of sp³-hybridized carbons (Fsp3) is 0.455. The Hall–Kier alpha value is -1.23. The number of halogens is 3. The zero-order valence-electron chi connectivity index (χ0n) is 8.86. The molecule has 0 saturated heterocycles. The normalized spacial score (nSPS) is 20.1. The van der Waals surface area contributed by atoms with Gasteiger partial charge in [-0.1, -0.05) is 6.07 Å². The van der Waals surface area contributed by atoms with Crippen molar-refractivity contribution in [1.82, 2.24) is 5.32 Å². The lowest BCUT2D eigenvalue weighted by atomic mass is 9.98. The molecule has 1 aromatic rings. The zero-order valence-corrected chi connectivity index (χ0v) is 8.86. The van der Waals surface area contributed by atoms with E-state index in [0.29, 0.717) is 12.2 Å². The van der Waals surface area contributed by atoms with E-state index in [4.69, 9.17) is 0 Å². The highest BCUT2D eigenvalue weighted by atomic mass is 19.4. The van der Waals surface area contributed by atoms with Gasteiger partial charge in [-0.15, -0.1) is 0 Å². The van der Waals surface area contributed by atoms with Crippen LogP contribution in [0.2, 0.25) is 0 Å². The molecule has 0 saturated carbocycles. The molecule has 0 amide bonds. The Morgan fingerprint density at radius 2 is 2.12 bits per heavy atom. The number of alkyl halides is 3. The van der Waals surface area contributed by atoms with Crippen molar-refractivity contribution in [1.29, 1.82) is 0 Å². The molecule has 0 fully saturated rings. The van der Waals surface area contributed by atoms with E-state index in [2.05, 4.69) is 10.6 Å². The largest absolute Gasteiger partial charge is 0.416 e. The molecule has 2 nitrogen and oxygen atoms in total. The predicted octanol–water partition coefficient (Wildman–Crippen LogP) is 2.26. The van der Waals surface area contributed by atoms with Crippen LogP contribution in [0.15, 0.2) is 18.2 Å². The van der Waals surface area contributed by atoms with E-state index in [1.165, 1.54) is 6.07 Å². The fourth-order valence-corrected chi connectivity index (χ4v) is 1.87. The van der Waals surface area contributed by atoms with Crippen LogP contribution in [0.5, 0.6) is 0 Å². The molecule has 16 heavy (non-hydrogen) atoms. The van der Waals surface area contributed by atoms with Crippen LogP contribution in [0.3, 0.4) is 0 Å². The van der Waals surface area contributed by atoms with Gasteiger partial charge in [0.25, 0.3) is 0 Å². The lowest BCUT2D eigenvalue weighted by Gasteiger charge is -2.26. The summed E-state index contributed by atoms with van der Waals surface area (Å²) in [4.78, 5) is 0. The highest BCUT2D eigenvalue weighted by molar-refractivity contribution is 5.56. The standard InChI is InChI=1S/C11H13F3N2/c1-15-9-4-7-2-3-8(11(12,13)14)5-10(7)16-6-9/h2-3,5,9,15-16H,4,6H2,1H3. The Balaban J connectivity index is 2.28. The van der Waals surface area contributed by atoms with Crippen molar-refractivity contribution in [3.63, 3.8) is 0 Å². The van der Waals surface area contributed by atoms with Crippen LogP contribution < -0.4 is 10.6 Å². The Kier molecular flexibility index (Phi) is 2.80. The molecule has 1 heterocycles. The molecule has 1 atom stereocenters. The fourth-order valence-electron chi connectivity index (χ4n) is 1.87. The monoisotopic (exact) mass is 230 g/mol. The average molecular weight is 230 g/mol. The molecular formula is C11H13F3N2. The van der Waals surface area contributed by atoms with Crippen LogP contribution in [0.4, 0.5) is 18.9 Å². The summed E-state index contributed by atoms with van der Waals surface area (Å²) in [7, 11) is 1.85. The van der Waals surface area contributed by atoms with E-state index in [1.807, 2.05) is 7.05 Å². The summed E-state index contributed by atoms with van der Waals surface area (Å²) in [5, 5.41) is 6.12. The number of benzene rings is 1. The Labute approximate surface area is 91.8 Å². The van der Waals surface area contributed by atoms with Gasteiger partial charge >= 0.3 is 6.18 Å². The van der Waals surface area contributed by atoms with Gasteiger partial charge in [-0.25, -0.2) is 0 Å². The van der Waals surface area contributed by atoms with E-state index in [1.54, 1.807) is 6.07 Å². The van der Waals surface area contributed by atoms with E-state index < -0.39 is 11.7 Å². The van der Waals surface area contributed by atoms with Crippen LogP contribution >= 0.6 is 0 Å². The van der Waals surface area contributed by atoms with Gasteiger partial charge < -0.3 is 10.6 Å². The average Bonchev–Trinajstić information content (AvgIpc) is 2.26. The topological polar surface area (TPSA) is 24.1 Å². The number of fused-ring (bicyclic) bond motifs is 1. The molecule has 2 N–H and O–H groups in total. The van der Waals surface area contributed by atoms with Crippen molar-refractivity contribution in [2.45, 2.75) is 18.6 Å². The maximum atomic E-state index is 12.5. The molecule has 0 aromatic heterocycles. The Bertz CT molecular complexity index is 387. The number of rotatable bonds is 1. The summed E-state index contributed by atoms with van der Waals surface area (Å²) < 4.78 is 37.4. The quantitative estimate of drug-likeness (QED) is 0.773. The minimum Gasteiger partial charge on any atom is -0.383 e. The highest BCUT2D eigenvalue weighted by Gasteiger charge is 2.31. The van der Waals surface area contributed by atoms with E-state index >= 15 is 0 Å². The maximum Gasteiger partial charge on any atom is 0.416 e. The van der Waals surface area contributed by atoms with E-state index in [-0.39, 0.29) is 6.04 Å². The van der Waals surface area contributed by atoms with Gasteiger partial charge in [0.2, 0.25) is 0 Å². The molecule has 1 aliphatic rings. The molecule has 2 rings (SSSR count). The second-order valence-corrected chi connectivity index (χ2v) is 3.94. The number of hydrogen-bond donors (Lipinski definition) is 2. The molecule has 1 aliphatic heterocycles. The number of nitrogens with one attached hydrogen (secondary N) is 2. The molecule has 1 aromatic carbocycles. The maximum absolute atomic E-state index is 12.5. The SMILES string of the molecule is CNC1CNc2cc(C(F)(F)F)ccc2C1. The summed E-state index contributed by atoms with van der Waals surface area (Å²) in [5.74, 6) is 0. The third-order valence-electron chi connectivity index (χ3n) is 2.85. The van der Waals surface area contributed by atoms with E-state index in [9.17, 15) is 13.2 Å². The summed E-state index contributed by atoms with van der Waals surface area (Å²) >= 11 is 0. The summed E-state index contributed by atoms with van der Waals surface area (Å²) in [5.41, 5.74) is 0.932. The van der Waals surface area contributed by atoms with Gasteiger partial charge in [0, 0.05) is 18.3 Å². The van der Waals surface area contributed by atoms with Gasteiger partial charge in [-0.05, 0) is 31.2 Å². The van der Waals surface area contributed by atoms with Crippen molar-refractivity contribution in [2.75, 3.05) is 18.9 Å². The lowest BCUT2D eigenvalue weighted by Crippen LogP contribution is -2.38. The molecule has 0 spiro atoms. The number of likely N-dealkylation sites (N-methyl/N-ethyl adjacent to an activating group) is 1. The zero-order chi connectivity index (χ0) is 11.8. The van der Waals surface area contributed by atoms with Crippen molar-refractivity contribution in [3.8, 4) is 0 Å². The molecule has 0 aliphatic carbocycles. The highest BCUT2D eigenvalue weighted by Crippen LogP contribution is 2.33. The third kappa shape index (κ3) is 2.14. The van der Waals surface area contributed by atoms with Crippen LogP contribution in [0.25, 0.3) is 0 Å². The van der Waals surface area contributed by atoms with Crippen molar-refractivity contribution < 1.29 is 13.2 Å². The van der Waals surface area contributed by atoms with Crippen LogP contribution in [0.1, 0.15) is 11.1 Å². The van der Waals surface area contributed by atoms with Gasteiger partial charge in [-0.3, -0.25) is 0 Å². The van der Waals surface area contributed by atoms with Crippen LogP contribution in [0, 0.1) is 0 Å². The first kappa shape index (κ1) is 11.3. The molecular weight excluding hydrogens is 217 g/mol. The number of hydrogen-bond acceptors (Lipinski definition) is 2. The molecule has 88 valence electrons. The van der Waals surface area contributed by atoms with Crippen molar-refractivity contribution >= 4 is 5.69 Å². The Morgan fingerprint density at radius 1 is 1.38 bits per heavy atom. The summed E-state index contributed by atoms with van der Waals surface area (Å²) in [6.07, 6.45) is -3.51. The van der Waals surface area contributed by atoms with Crippen molar-refractivity contribution in [3.05, 3.63) is 29.3 Å². The van der Waals surface area contributed by atoms with Gasteiger partial charge in [0.15, 0.2) is 0 Å². The summed E-state index contributed by atoms with van der Waals surface area (Å²) in [6, 6.07) is 4.15. The first-order chi connectivity index (χ1) is 7.50. The van der Waals surface area contributed by atoms with Gasteiger partial charge in [0.1, 0.15) is 0 Å². The number of anilines is 1. The lowest BCUT2D eigenvalue weighted by molar-refractivity contribution is -0.137. The third-order valence-corrected chi connectivity index (χ3v) is 2.85. The molecule has 0 radical (unpaired) electrons. The summed E-state index contributed by atoms with van der Waals surface area (Å²) in [6.45, 7) is 0.658. The Morgan fingerprint density at radius 3 is 2.75 bits per heavy atom. The molecule has 0 bridgehead atoms. The van der Waals surface area contributed by atoms with Crippen molar-refractivity contribution in [2.24, 2.45) is 0 Å². The molecule has 1 unspecified atom stereocenters. The second kappa shape index (κ2) is 3.97. The van der Waals surface area contributed by atoms with E-state index in [0.717, 1.165) is 18.1 Å². The van der Waals surface area contributed by atoms with Gasteiger partial charge in [-0.2, -0.15) is 13.2 Å². The van der Waals surface area contributed by atoms with Crippen LogP contribution in [-0.2, 0) is 12.6 Å². The van der Waals surface area contributed by atoms with Crippen LogP contribution in [-0.4, -0.2) is 19.6 Å². The minimum absolute atomic E-state index is 0.282.